The molecule has 0 fully saturated rings. The van der Waals surface area contributed by atoms with Crippen LogP contribution in [0.3, 0.4) is 0 Å². The van der Waals surface area contributed by atoms with Crippen molar-refractivity contribution < 1.29 is 32.3 Å². The number of halogens is 3. The van der Waals surface area contributed by atoms with Crippen LogP contribution in [0.4, 0.5) is 13.2 Å². The summed E-state index contributed by atoms with van der Waals surface area (Å²) in [7, 11) is 0. The zero-order chi connectivity index (χ0) is 27.7. The number of amides is 4. The van der Waals surface area contributed by atoms with E-state index in [1.807, 2.05) is 0 Å². The molecule has 0 N–H and O–H groups in total. The molecular weight excluding hydrogens is 509 g/mol. The van der Waals surface area contributed by atoms with Gasteiger partial charge >= 0.3 is 6.18 Å². The van der Waals surface area contributed by atoms with E-state index in [4.69, 9.17) is 0 Å². The van der Waals surface area contributed by atoms with Crippen molar-refractivity contribution in [2.45, 2.75) is 26.9 Å². The second-order valence-corrected chi connectivity index (χ2v) is 9.99. The molecule has 5 aromatic carbocycles. The maximum absolute atomic E-state index is 14.7. The molecule has 4 amide bonds. The minimum absolute atomic E-state index is 0.0209. The van der Waals surface area contributed by atoms with E-state index in [1.165, 1.54) is 12.1 Å². The summed E-state index contributed by atoms with van der Waals surface area (Å²) in [6, 6.07) is 8.69. The predicted octanol–water partition coefficient (Wildman–Crippen LogP) is 6.30. The third-order valence-corrected chi connectivity index (χ3v) is 8.14. The SMILES string of the molecule is CCN1C(=O)c2ccc3c4c(C)cc5c6c(cc(C(F)(F)F)c(c7ccc(c2c37)C1=O)c64)C(=O)N(CC)C5=O. The minimum Gasteiger partial charge on any atom is -0.275 e. The van der Waals surface area contributed by atoms with Gasteiger partial charge in [0.05, 0.1) is 5.56 Å². The number of aryl methyl sites for hydroxylation is 1. The van der Waals surface area contributed by atoms with E-state index in [2.05, 4.69) is 0 Å². The summed E-state index contributed by atoms with van der Waals surface area (Å²) in [6.07, 6.45) is -4.83. The normalized spacial score (nSPS) is 15.7. The summed E-state index contributed by atoms with van der Waals surface area (Å²) in [5, 5.41) is 2.15. The van der Waals surface area contributed by atoms with E-state index in [0.717, 1.165) is 15.9 Å². The fraction of sp³-hybridized carbons (Fsp3) is 0.200. The number of carbonyl (C=O) groups excluding carboxylic acids is 4. The van der Waals surface area contributed by atoms with Crippen molar-refractivity contribution >= 4 is 66.7 Å². The van der Waals surface area contributed by atoms with Gasteiger partial charge in [0.2, 0.25) is 0 Å². The molecule has 2 aliphatic heterocycles. The van der Waals surface area contributed by atoms with E-state index < -0.39 is 35.4 Å². The van der Waals surface area contributed by atoms with Crippen LogP contribution in [-0.4, -0.2) is 46.5 Å². The molecular formula is C30H19F3N2O4. The first-order chi connectivity index (χ1) is 18.5. The Morgan fingerprint density at radius 2 is 1.05 bits per heavy atom. The highest BCUT2D eigenvalue weighted by molar-refractivity contribution is 6.42. The zero-order valence-electron chi connectivity index (χ0n) is 21.0. The van der Waals surface area contributed by atoms with Gasteiger partial charge in [-0.1, -0.05) is 12.1 Å². The lowest BCUT2D eigenvalue weighted by Crippen LogP contribution is -2.40. The van der Waals surface area contributed by atoms with Crippen LogP contribution < -0.4 is 0 Å². The molecule has 0 saturated carbocycles. The van der Waals surface area contributed by atoms with Gasteiger partial charge in [0.25, 0.3) is 23.6 Å². The molecule has 39 heavy (non-hydrogen) atoms. The number of hydrogen-bond acceptors (Lipinski definition) is 4. The molecule has 0 atom stereocenters. The molecule has 2 aliphatic rings. The Labute approximate surface area is 218 Å². The Morgan fingerprint density at radius 1 is 0.590 bits per heavy atom. The summed E-state index contributed by atoms with van der Waals surface area (Å²) >= 11 is 0. The van der Waals surface area contributed by atoms with Crippen LogP contribution in [-0.2, 0) is 6.18 Å². The molecule has 0 radical (unpaired) electrons. The first-order valence-corrected chi connectivity index (χ1v) is 12.6. The van der Waals surface area contributed by atoms with Crippen molar-refractivity contribution in [2.24, 2.45) is 0 Å². The number of hydrogen-bond donors (Lipinski definition) is 0. The Hall–Kier alpha value is -4.53. The standard InChI is InChI=1S/C30H19F3N2O4/c1-4-34-26(36)15-8-6-13-20-12(3)10-17-23-18(29(39)35(5-2)28(17)38)11-19(30(31,32)33)24(25(20)23)14-7-9-16(27(34)37)22(15)21(13)14/h6-11H,4-5H2,1-3H3. The van der Waals surface area contributed by atoms with Gasteiger partial charge in [-0.3, -0.25) is 29.0 Å². The third kappa shape index (κ3) is 2.67. The maximum Gasteiger partial charge on any atom is 0.417 e. The number of nitrogens with zero attached hydrogens (tertiary/aromatic N) is 2. The van der Waals surface area contributed by atoms with E-state index in [0.29, 0.717) is 27.1 Å². The Kier molecular flexibility index (Phi) is 4.42. The lowest BCUT2D eigenvalue weighted by Gasteiger charge is -2.31. The smallest absolute Gasteiger partial charge is 0.275 e. The van der Waals surface area contributed by atoms with Crippen LogP contribution in [0.25, 0.3) is 43.1 Å². The largest absolute Gasteiger partial charge is 0.417 e. The fourth-order valence-corrected chi connectivity index (χ4v) is 6.57. The number of fused-ring (bicyclic) bond motifs is 2. The second kappa shape index (κ2) is 7.31. The number of benzene rings is 5. The predicted molar refractivity (Wildman–Crippen MR) is 139 cm³/mol. The van der Waals surface area contributed by atoms with Crippen LogP contribution in [0.1, 0.15) is 66.4 Å². The third-order valence-electron chi connectivity index (χ3n) is 8.14. The van der Waals surface area contributed by atoms with E-state index in [-0.39, 0.29) is 56.9 Å². The van der Waals surface area contributed by atoms with Crippen molar-refractivity contribution in [3.8, 4) is 0 Å². The lowest BCUT2D eigenvalue weighted by atomic mass is 9.79. The molecule has 0 aromatic heterocycles. The minimum atomic E-state index is -4.83. The monoisotopic (exact) mass is 528 g/mol. The first-order valence-electron chi connectivity index (χ1n) is 12.6. The van der Waals surface area contributed by atoms with E-state index >= 15 is 0 Å². The zero-order valence-corrected chi connectivity index (χ0v) is 21.0. The highest BCUT2D eigenvalue weighted by Gasteiger charge is 2.41. The van der Waals surface area contributed by atoms with Gasteiger partial charge in [-0.25, -0.2) is 0 Å². The van der Waals surface area contributed by atoms with Crippen molar-refractivity contribution in [3.63, 3.8) is 0 Å². The summed E-state index contributed by atoms with van der Waals surface area (Å²) < 4.78 is 44.2. The van der Waals surface area contributed by atoms with Gasteiger partial charge in [0.15, 0.2) is 0 Å². The first kappa shape index (κ1) is 23.6. The van der Waals surface area contributed by atoms with Crippen molar-refractivity contribution in [1.82, 2.24) is 9.80 Å². The van der Waals surface area contributed by atoms with Crippen LogP contribution in [0.15, 0.2) is 36.4 Å². The van der Waals surface area contributed by atoms with Gasteiger partial charge < -0.3 is 0 Å². The highest BCUT2D eigenvalue weighted by Crippen LogP contribution is 2.50. The van der Waals surface area contributed by atoms with Gasteiger partial charge in [0.1, 0.15) is 0 Å². The van der Waals surface area contributed by atoms with Crippen molar-refractivity contribution in [3.05, 3.63) is 69.8 Å². The molecule has 0 saturated heterocycles. The number of rotatable bonds is 2. The maximum atomic E-state index is 14.7. The molecule has 6 nitrogen and oxygen atoms in total. The lowest BCUT2D eigenvalue weighted by molar-refractivity contribution is -0.136. The summed E-state index contributed by atoms with van der Waals surface area (Å²) in [6.45, 7) is 5.17. The van der Waals surface area contributed by atoms with E-state index in [9.17, 15) is 32.3 Å². The van der Waals surface area contributed by atoms with Crippen molar-refractivity contribution in [2.75, 3.05) is 13.1 Å². The van der Waals surface area contributed by atoms with Crippen LogP contribution in [0.2, 0.25) is 0 Å². The topological polar surface area (TPSA) is 74.8 Å². The molecule has 194 valence electrons. The molecule has 2 heterocycles. The van der Waals surface area contributed by atoms with E-state index in [1.54, 1.807) is 39.0 Å². The number of imide groups is 2. The second-order valence-electron chi connectivity index (χ2n) is 9.99. The summed E-state index contributed by atoms with van der Waals surface area (Å²) in [4.78, 5) is 55.1. The van der Waals surface area contributed by atoms with Crippen molar-refractivity contribution in [1.29, 1.82) is 0 Å². The summed E-state index contributed by atoms with van der Waals surface area (Å²) in [5.41, 5.74) is 0.0503. The summed E-state index contributed by atoms with van der Waals surface area (Å²) in [5.74, 6) is -2.33. The molecule has 9 heteroatoms. The Morgan fingerprint density at radius 3 is 1.56 bits per heavy atom. The quantitative estimate of drug-likeness (QED) is 0.153. The Balaban J connectivity index is 1.80. The number of alkyl halides is 3. The molecule has 7 rings (SSSR count). The average Bonchev–Trinajstić information content (AvgIpc) is 2.89. The number of carbonyl (C=O) groups is 4. The van der Waals surface area contributed by atoms with Crippen LogP contribution >= 0.6 is 0 Å². The molecule has 5 aromatic rings. The fourth-order valence-electron chi connectivity index (χ4n) is 6.57. The Bertz CT molecular complexity index is 2000. The van der Waals surface area contributed by atoms with Gasteiger partial charge in [0, 0.05) is 51.5 Å². The van der Waals surface area contributed by atoms with Gasteiger partial charge in [-0.05, 0) is 77.5 Å². The molecule has 0 unspecified atom stereocenters. The highest BCUT2D eigenvalue weighted by atomic mass is 19.4. The molecule has 0 aliphatic carbocycles. The van der Waals surface area contributed by atoms with Gasteiger partial charge in [-0.2, -0.15) is 13.2 Å². The molecule has 0 bridgehead atoms. The van der Waals surface area contributed by atoms with Crippen LogP contribution in [0.5, 0.6) is 0 Å². The van der Waals surface area contributed by atoms with Crippen LogP contribution in [0, 0.1) is 6.92 Å². The molecule has 0 spiro atoms. The van der Waals surface area contributed by atoms with Gasteiger partial charge in [-0.15, -0.1) is 0 Å². The average molecular weight is 528 g/mol.